The molecule has 1 aromatic heterocycles. The van der Waals surface area contributed by atoms with Gasteiger partial charge in [0.1, 0.15) is 0 Å². The van der Waals surface area contributed by atoms with Gasteiger partial charge in [-0.1, -0.05) is 11.6 Å². The Kier molecular flexibility index (Phi) is 4.94. The van der Waals surface area contributed by atoms with Gasteiger partial charge in [0, 0.05) is 30.4 Å². The number of hydrogen-bond donors (Lipinski definition) is 2. The van der Waals surface area contributed by atoms with Crippen molar-refractivity contribution in [1.82, 2.24) is 9.55 Å². The first kappa shape index (κ1) is 15.1. The van der Waals surface area contributed by atoms with Crippen molar-refractivity contribution in [2.24, 2.45) is 0 Å². The Labute approximate surface area is 126 Å². The number of hydrogen-bond acceptors (Lipinski definition) is 4. The van der Waals surface area contributed by atoms with Gasteiger partial charge in [-0.2, -0.15) is 0 Å². The minimum atomic E-state index is -0.322. The summed E-state index contributed by atoms with van der Waals surface area (Å²) in [5, 5.41) is 3.20. The predicted octanol–water partition coefficient (Wildman–Crippen LogP) is 1.90. The maximum atomic E-state index is 11.8. The lowest BCUT2D eigenvalue weighted by Crippen LogP contribution is -2.22. The van der Waals surface area contributed by atoms with E-state index in [1.807, 2.05) is 0 Å². The molecule has 1 heterocycles. The van der Waals surface area contributed by atoms with Crippen molar-refractivity contribution in [2.45, 2.75) is 19.4 Å². The van der Waals surface area contributed by atoms with E-state index in [2.05, 4.69) is 10.3 Å². The Balaban J connectivity index is 1.87. The Morgan fingerprint density at radius 3 is 3.00 bits per heavy atom. The van der Waals surface area contributed by atoms with E-state index in [9.17, 15) is 9.59 Å². The molecule has 0 saturated heterocycles. The number of benzene rings is 1. The Bertz CT molecular complexity index is 699. The summed E-state index contributed by atoms with van der Waals surface area (Å²) in [6.07, 6.45) is 3.88. The largest absolute Gasteiger partial charge is 0.397 e. The molecule has 110 valence electrons. The summed E-state index contributed by atoms with van der Waals surface area (Å²) < 4.78 is 1.46. The molecule has 0 aliphatic heterocycles. The molecule has 2 rings (SSSR count). The number of anilines is 2. The van der Waals surface area contributed by atoms with Crippen molar-refractivity contribution in [3.05, 3.63) is 52.2 Å². The van der Waals surface area contributed by atoms with Crippen molar-refractivity contribution in [1.29, 1.82) is 0 Å². The summed E-state index contributed by atoms with van der Waals surface area (Å²) >= 11 is 5.85. The van der Waals surface area contributed by atoms with Gasteiger partial charge in [0.15, 0.2) is 0 Å². The first-order valence-corrected chi connectivity index (χ1v) is 6.80. The van der Waals surface area contributed by atoms with E-state index in [-0.39, 0.29) is 18.0 Å². The van der Waals surface area contributed by atoms with Gasteiger partial charge in [-0.3, -0.25) is 9.36 Å². The third-order valence-electron chi connectivity index (χ3n) is 2.88. The number of nitrogen functional groups attached to an aromatic ring is 1. The molecule has 6 nitrogen and oxygen atoms in total. The molecule has 0 saturated carbocycles. The first-order chi connectivity index (χ1) is 10.1. The topological polar surface area (TPSA) is 90.0 Å². The van der Waals surface area contributed by atoms with Gasteiger partial charge in [0.2, 0.25) is 5.91 Å². The average Bonchev–Trinajstić information content (AvgIpc) is 2.45. The maximum Gasteiger partial charge on any atom is 0.347 e. The average molecular weight is 307 g/mol. The molecule has 1 aromatic carbocycles. The van der Waals surface area contributed by atoms with E-state index in [1.165, 1.54) is 10.8 Å². The van der Waals surface area contributed by atoms with Crippen LogP contribution in [0.5, 0.6) is 0 Å². The molecule has 0 aliphatic rings. The van der Waals surface area contributed by atoms with Gasteiger partial charge < -0.3 is 11.1 Å². The minimum absolute atomic E-state index is 0.180. The number of rotatable bonds is 5. The zero-order valence-electron chi connectivity index (χ0n) is 11.3. The maximum absolute atomic E-state index is 11.8. The lowest BCUT2D eigenvalue weighted by atomic mass is 10.2. The molecule has 2 aromatic rings. The van der Waals surface area contributed by atoms with Gasteiger partial charge in [0.05, 0.1) is 11.4 Å². The number of nitrogens with zero attached hydrogens (tertiary/aromatic N) is 2. The van der Waals surface area contributed by atoms with Gasteiger partial charge in [-0.15, -0.1) is 0 Å². The fraction of sp³-hybridized carbons (Fsp3) is 0.214. The van der Waals surface area contributed by atoms with Crippen LogP contribution in [-0.4, -0.2) is 15.5 Å². The van der Waals surface area contributed by atoms with Crippen LogP contribution in [0.25, 0.3) is 0 Å². The van der Waals surface area contributed by atoms with Crippen LogP contribution in [0.3, 0.4) is 0 Å². The van der Waals surface area contributed by atoms with Crippen LogP contribution >= 0.6 is 11.6 Å². The predicted molar refractivity (Wildman–Crippen MR) is 82.2 cm³/mol. The van der Waals surface area contributed by atoms with Gasteiger partial charge in [-0.25, -0.2) is 9.78 Å². The molecule has 0 fully saturated rings. The number of aromatic nitrogens is 2. The summed E-state index contributed by atoms with van der Waals surface area (Å²) in [7, 11) is 0. The molecule has 0 bridgehead atoms. The molecule has 7 heteroatoms. The van der Waals surface area contributed by atoms with Crippen LogP contribution in [0, 0.1) is 0 Å². The summed E-state index contributed by atoms with van der Waals surface area (Å²) in [6, 6.07) is 6.56. The lowest BCUT2D eigenvalue weighted by molar-refractivity contribution is -0.116. The summed E-state index contributed by atoms with van der Waals surface area (Å²) in [5.74, 6) is -0.180. The summed E-state index contributed by atoms with van der Waals surface area (Å²) in [6.45, 7) is 0.436. The fourth-order valence-electron chi connectivity index (χ4n) is 1.82. The highest BCUT2D eigenvalue weighted by Gasteiger charge is 2.06. The van der Waals surface area contributed by atoms with Crippen LogP contribution in [-0.2, 0) is 11.3 Å². The highest BCUT2D eigenvalue weighted by atomic mass is 35.5. The monoisotopic (exact) mass is 306 g/mol. The Morgan fingerprint density at radius 2 is 2.24 bits per heavy atom. The second-order valence-corrected chi connectivity index (χ2v) is 4.92. The number of nitrogens with two attached hydrogens (primary N) is 1. The Morgan fingerprint density at radius 1 is 1.43 bits per heavy atom. The van der Waals surface area contributed by atoms with Crippen molar-refractivity contribution < 1.29 is 4.79 Å². The van der Waals surface area contributed by atoms with Crippen molar-refractivity contribution in [3.63, 3.8) is 0 Å². The van der Waals surface area contributed by atoms with E-state index in [4.69, 9.17) is 17.3 Å². The molecule has 21 heavy (non-hydrogen) atoms. The molecule has 0 atom stereocenters. The van der Waals surface area contributed by atoms with Gasteiger partial charge in [0.25, 0.3) is 0 Å². The molecule has 1 amide bonds. The number of nitrogens with one attached hydrogen (secondary N) is 1. The minimum Gasteiger partial charge on any atom is -0.397 e. The van der Waals surface area contributed by atoms with Crippen LogP contribution in [0.2, 0.25) is 5.02 Å². The summed E-state index contributed by atoms with van der Waals surface area (Å²) in [5.41, 5.74) is 6.37. The number of carbonyl (C=O) groups is 1. The number of carbonyl (C=O) groups excluding carboxylic acids is 1. The second-order valence-electron chi connectivity index (χ2n) is 4.48. The van der Waals surface area contributed by atoms with E-state index < -0.39 is 0 Å². The third kappa shape index (κ3) is 4.32. The molecular weight excluding hydrogens is 292 g/mol. The van der Waals surface area contributed by atoms with E-state index in [1.54, 1.807) is 30.5 Å². The highest BCUT2D eigenvalue weighted by Crippen LogP contribution is 2.23. The number of aryl methyl sites for hydroxylation is 1. The zero-order chi connectivity index (χ0) is 15.2. The summed E-state index contributed by atoms with van der Waals surface area (Å²) in [4.78, 5) is 26.9. The quantitative estimate of drug-likeness (QED) is 0.826. The van der Waals surface area contributed by atoms with E-state index in [0.29, 0.717) is 29.4 Å². The van der Waals surface area contributed by atoms with Crippen LogP contribution in [0.15, 0.2) is 41.5 Å². The van der Waals surface area contributed by atoms with Crippen molar-refractivity contribution in [3.8, 4) is 0 Å². The van der Waals surface area contributed by atoms with Crippen molar-refractivity contribution >= 4 is 28.9 Å². The number of amides is 1. The fourth-order valence-corrected chi connectivity index (χ4v) is 1.99. The van der Waals surface area contributed by atoms with Crippen LogP contribution in [0.1, 0.15) is 12.8 Å². The normalized spacial score (nSPS) is 10.3. The highest BCUT2D eigenvalue weighted by molar-refractivity contribution is 6.31. The molecule has 3 N–H and O–H groups in total. The van der Waals surface area contributed by atoms with Crippen LogP contribution in [0.4, 0.5) is 11.4 Å². The molecule has 0 spiro atoms. The molecule has 0 unspecified atom stereocenters. The molecule has 0 radical (unpaired) electrons. The molecular formula is C14H15ClN4O2. The third-order valence-corrected chi connectivity index (χ3v) is 3.11. The smallest absolute Gasteiger partial charge is 0.347 e. The van der Waals surface area contributed by atoms with Crippen LogP contribution < -0.4 is 16.7 Å². The standard InChI is InChI=1S/C14H15ClN4O2/c15-10-4-5-11(16)12(9-10)18-13(20)3-1-7-19-8-2-6-17-14(19)21/h2,4-6,8-9H,1,3,7,16H2,(H,18,20). The zero-order valence-corrected chi connectivity index (χ0v) is 12.0. The second kappa shape index (κ2) is 6.90. The van der Waals surface area contributed by atoms with Crippen molar-refractivity contribution in [2.75, 3.05) is 11.1 Å². The molecule has 0 aliphatic carbocycles. The number of halogens is 1. The van der Waals surface area contributed by atoms with E-state index in [0.717, 1.165) is 0 Å². The van der Waals surface area contributed by atoms with E-state index >= 15 is 0 Å². The SMILES string of the molecule is Nc1ccc(Cl)cc1NC(=O)CCCn1cccnc1=O. The Hall–Kier alpha value is -2.34. The lowest BCUT2D eigenvalue weighted by Gasteiger charge is -2.09. The first-order valence-electron chi connectivity index (χ1n) is 6.42. The van der Waals surface area contributed by atoms with Gasteiger partial charge in [-0.05, 0) is 30.7 Å². The van der Waals surface area contributed by atoms with Gasteiger partial charge >= 0.3 is 5.69 Å².